The normalized spacial score (nSPS) is 9.25. The van der Waals surface area contributed by atoms with Crippen LogP contribution in [0.4, 0.5) is 0 Å². The van der Waals surface area contributed by atoms with E-state index in [0.29, 0.717) is 6.54 Å². The molecule has 1 rings (SSSR count). The predicted octanol–water partition coefficient (Wildman–Crippen LogP) is 1.37. The molecule has 1 aromatic carbocycles. The molecule has 68 valence electrons. The molecule has 0 aliphatic rings. The maximum Gasteiger partial charge on any atom is 0.0684 e. The Labute approximate surface area is 78.8 Å². The molecule has 0 spiro atoms. The van der Waals surface area contributed by atoms with E-state index in [0.717, 1.165) is 16.7 Å². The van der Waals surface area contributed by atoms with Gasteiger partial charge < -0.3 is 10.8 Å². The van der Waals surface area contributed by atoms with Gasteiger partial charge in [0.15, 0.2) is 0 Å². The number of rotatable bonds is 2. The van der Waals surface area contributed by atoms with E-state index in [2.05, 4.69) is 0 Å². The highest BCUT2D eigenvalue weighted by Gasteiger charge is 1.99. The van der Waals surface area contributed by atoms with E-state index in [9.17, 15) is 0 Å². The largest absolute Gasteiger partial charge is 0.392 e. The molecule has 2 nitrogen and oxygen atoms in total. The summed E-state index contributed by atoms with van der Waals surface area (Å²) in [5, 5.41) is 8.90. The van der Waals surface area contributed by atoms with Gasteiger partial charge >= 0.3 is 0 Å². The zero-order valence-corrected chi connectivity index (χ0v) is 7.90. The van der Waals surface area contributed by atoms with E-state index >= 15 is 0 Å². The molecule has 0 bridgehead atoms. The molecule has 3 heteroatoms. The molecule has 1 aromatic rings. The van der Waals surface area contributed by atoms with Crippen molar-refractivity contribution in [2.45, 2.75) is 20.1 Å². The van der Waals surface area contributed by atoms with Crippen molar-refractivity contribution >= 4 is 12.4 Å². The minimum absolute atomic E-state index is 0. The Kier molecular flexibility index (Phi) is 4.90. The Morgan fingerprint density at radius 2 is 1.92 bits per heavy atom. The lowest BCUT2D eigenvalue weighted by molar-refractivity contribution is 0.281. The molecule has 0 aliphatic heterocycles. The summed E-state index contributed by atoms with van der Waals surface area (Å²) in [6.07, 6.45) is 0. The molecule has 0 atom stereocenters. The molecule has 0 saturated carbocycles. The molecule has 0 fully saturated rings. The third kappa shape index (κ3) is 2.21. The third-order valence-electron chi connectivity index (χ3n) is 1.95. The first-order valence-electron chi connectivity index (χ1n) is 3.68. The summed E-state index contributed by atoms with van der Waals surface area (Å²) in [5.74, 6) is 0. The Morgan fingerprint density at radius 1 is 1.33 bits per heavy atom. The van der Waals surface area contributed by atoms with Crippen LogP contribution in [0.25, 0.3) is 0 Å². The van der Waals surface area contributed by atoms with E-state index in [1.54, 1.807) is 0 Å². The Balaban J connectivity index is 0.00000121. The first-order chi connectivity index (χ1) is 5.29. The number of aliphatic hydroxyl groups is 1. The van der Waals surface area contributed by atoms with Crippen LogP contribution in [0, 0.1) is 6.92 Å². The van der Waals surface area contributed by atoms with E-state index in [1.165, 1.54) is 0 Å². The van der Waals surface area contributed by atoms with Gasteiger partial charge in [-0.05, 0) is 23.6 Å². The highest BCUT2D eigenvalue weighted by atomic mass is 35.5. The Morgan fingerprint density at radius 3 is 2.42 bits per heavy atom. The summed E-state index contributed by atoms with van der Waals surface area (Å²) >= 11 is 0. The molecule has 12 heavy (non-hydrogen) atoms. The van der Waals surface area contributed by atoms with Crippen LogP contribution in [-0.4, -0.2) is 5.11 Å². The van der Waals surface area contributed by atoms with Gasteiger partial charge in [0.2, 0.25) is 0 Å². The van der Waals surface area contributed by atoms with Crippen LogP contribution in [0.1, 0.15) is 16.7 Å². The van der Waals surface area contributed by atoms with Gasteiger partial charge in [-0.15, -0.1) is 12.4 Å². The minimum Gasteiger partial charge on any atom is -0.392 e. The van der Waals surface area contributed by atoms with Crippen molar-refractivity contribution < 1.29 is 5.11 Å². The number of benzene rings is 1. The summed E-state index contributed by atoms with van der Waals surface area (Å²) in [6, 6.07) is 5.81. The number of hydrogen-bond donors (Lipinski definition) is 2. The van der Waals surface area contributed by atoms with Gasteiger partial charge in [-0.2, -0.15) is 0 Å². The van der Waals surface area contributed by atoms with E-state index in [4.69, 9.17) is 10.8 Å². The van der Waals surface area contributed by atoms with Gasteiger partial charge in [-0.1, -0.05) is 18.2 Å². The van der Waals surface area contributed by atoms with E-state index in [1.807, 2.05) is 25.1 Å². The van der Waals surface area contributed by atoms with Crippen LogP contribution >= 0.6 is 12.4 Å². The van der Waals surface area contributed by atoms with E-state index < -0.39 is 0 Å². The fourth-order valence-corrected chi connectivity index (χ4v) is 1.13. The van der Waals surface area contributed by atoms with Crippen LogP contribution in [0.5, 0.6) is 0 Å². The monoisotopic (exact) mass is 187 g/mol. The zero-order chi connectivity index (χ0) is 8.27. The van der Waals surface area contributed by atoms with Gasteiger partial charge in [-0.3, -0.25) is 0 Å². The summed E-state index contributed by atoms with van der Waals surface area (Å²) in [7, 11) is 0. The molecule has 0 radical (unpaired) electrons. The lowest BCUT2D eigenvalue weighted by Gasteiger charge is -2.06. The third-order valence-corrected chi connectivity index (χ3v) is 1.95. The van der Waals surface area contributed by atoms with Crippen molar-refractivity contribution in [1.29, 1.82) is 0 Å². The smallest absolute Gasteiger partial charge is 0.0684 e. The van der Waals surface area contributed by atoms with Crippen molar-refractivity contribution in [3.8, 4) is 0 Å². The predicted molar refractivity (Wildman–Crippen MR) is 52.2 cm³/mol. The van der Waals surface area contributed by atoms with Crippen molar-refractivity contribution in [2.75, 3.05) is 0 Å². The van der Waals surface area contributed by atoms with Crippen LogP contribution in [-0.2, 0) is 13.2 Å². The standard InChI is InChI=1S/C9H13NO.ClH/c1-7-8(5-10)3-2-4-9(7)6-11;/h2-4,11H,5-6,10H2,1H3;1H. The summed E-state index contributed by atoms with van der Waals surface area (Å²) in [6.45, 7) is 2.62. The SMILES string of the molecule is Cc1c(CN)cccc1CO.Cl. The topological polar surface area (TPSA) is 46.2 Å². The maximum absolute atomic E-state index is 8.90. The average molecular weight is 188 g/mol. The quantitative estimate of drug-likeness (QED) is 0.735. The molecule has 0 amide bonds. The molecule has 0 aromatic heterocycles. The summed E-state index contributed by atoms with van der Waals surface area (Å²) in [5.41, 5.74) is 8.68. The number of nitrogens with two attached hydrogens (primary N) is 1. The lowest BCUT2D eigenvalue weighted by Crippen LogP contribution is -2.01. The van der Waals surface area contributed by atoms with Crippen LogP contribution in [0.3, 0.4) is 0 Å². The Hall–Kier alpha value is -0.570. The zero-order valence-electron chi connectivity index (χ0n) is 7.08. The molecule has 3 N–H and O–H groups in total. The number of hydrogen-bond acceptors (Lipinski definition) is 2. The molecular weight excluding hydrogens is 174 g/mol. The van der Waals surface area contributed by atoms with Crippen LogP contribution in [0.15, 0.2) is 18.2 Å². The van der Waals surface area contributed by atoms with Crippen molar-refractivity contribution in [3.63, 3.8) is 0 Å². The fraction of sp³-hybridized carbons (Fsp3) is 0.333. The Bertz CT molecular complexity index is 228. The highest BCUT2D eigenvalue weighted by molar-refractivity contribution is 5.85. The minimum atomic E-state index is 0. The average Bonchev–Trinajstić information content (AvgIpc) is 2.05. The van der Waals surface area contributed by atoms with Crippen molar-refractivity contribution in [3.05, 3.63) is 34.9 Å². The maximum atomic E-state index is 8.90. The highest BCUT2D eigenvalue weighted by Crippen LogP contribution is 2.12. The van der Waals surface area contributed by atoms with Gasteiger partial charge in [0.25, 0.3) is 0 Å². The summed E-state index contributed by atoms with van der Waals surface area (Å²) in [4.78, 5) is 0. The molecule has 0 unspecified atom stereocenters. The molecule has 0 aliphatic carbocycles. The first kappa shape index (κ1) is 11.4. The molecule has 0 saturated heterocycles. The second-order valence-electron chi connectivity index (χ2n) is 2.56. The second kappa shape index (κ2) is 5.14. The van der Waals surface area contributed by atoms with Crippen LogP contribution in [0.2, 0.25) is 0 Å². The van der Waals surface area contributed by atoms with Crippen molar-refractivity contribution in [2.24, 2.45) is 5.73 Å². The lowest BCUT2D eigenvalue weighted by atomic mass is 10.0. The summed E-state index contributed by atoms with van der Waals surface area (Å²) < 4.78 is 0. The van der Waals surface area contributed by atoms with Crippen LogP contribution < -0.4 is 5.73 Å². The number of aliphatic hydroxyl groups excluding tert-OH is 1. The van der Waals surface area contributed by atoms with Gasteiger partial charge in [-0.25, -0.2) is 0 Å². The van der Waals surface area contributed by atoms with Gasteiger partial charge in [0.1, 0.15) is 0 Å². The fourth-order valence-electron chi connectivity index (χ4n) is 1.13. The first-order valence-corrected chi connectivity index (χ1v) is 3.68. The second-order valence-corrected chi connectivity index (χ2v) is 2.56. The molecular formula is C9H14ClNO. The van der Waals surface area contributed by atoms with Gasteiger partial charge in [0, 0.05) is 6.54 Å². The van der Waals surface area contributed by atoms with E-state index in [-0.39, 0.29) is 19.0 Å². The van der Waals surface area contributed by atoms with Gasteiger partial charge in [0.05, 0.1) is 6.61 Å². The molecule has 0 heterocycles. The van der Waals surface area contributed by atoms with Crippen molar-refractivity contribution in [1.82, 2.24) is 0 Å². The number of halogens is 1.